The van der Waals surface area contributed by atoms with Gasteiger partial charge in [0, 0.05) is 12.8 Å². The fourth-order valence-corrected chi connectivity index (χ4v) is 4.25. The molecule has 2 aromatic heterocycles. The van der Waals surface area contributed by atoms with E-state index in [0.717, 1.165) is 11.1 Å². The Morgan fingerprint density at radius 3 is 1.44 bits per heavy atom. The molecular weight excluding hydrogens is 550 g/mol. The van der Waals surface area contributed by atoms with Gasteiger partial charge in [-0.2, -0.15) is 10.2 Å². The summed E-state index contributed by atoms with van der Waals surface area (Å²) < 4.78 is 5.59. The third kappa shape index (κ3) is 7.85. The molecule has 3 heterocycles. The van der Waals surface area contributed by atoms with E-state index in [2.05, 4.69) is 36.7 Å². The number of hydrogen-bond acceptors (Lipinski definition) is 8. The topological polar surface area (TPSA) is 167 Å². The standard InChI is InChI=1S/C31H27N7O5/c39-28-24-12-7-13-25(34-24)29(40)36-27(17-21-10-5-2-6-11-21)31(42)38-33-19-23-15-14-22(43-23)18-32-37-30(41)26(35-28)16-20-8-3-1-4-9-20/h1-15,18-19,26-27H,16-17H2,(H,35,39)(H,36,40)(H,37,41)(H,38,42)/b32-18-,33-19-. The number of nitrogens with one attached hydrogen (secondary N) is 4. The first-order chi connectivity index (χ1) is 20.9. The van der Waals surface area contributed by atoms with Gasteiger partial charge < -0.3 is 15.1 Å². The first-order valence-corrected chi connectivity index (χ1v) is 13.4. The Kier molecular flexibility index (Phi) is 9.07. The lowest BCUT2D eigenvalue weighted by molar-refractivity contribution is -0.123. The SMILES string of the molecule is O=C1NC(Cc2ccccc2)C(=O)N/N=C\c2ccc(o2)/C=N\NC(=O)C(Cc2ccccc2)NC(=O)c2cccc1n2. The Morgan fingerprint density at radius 2 is 1.00 bits per heavy atom. The summed E-state index contributed by atoms with van der Waals surface area (Å²) in [6.07, 6.45) is 2.94. The lowest BCUT2D eigenvalue weighted by Gasteiger charge is -2.18. The van der Waals surface area contributed by atoms with Crippen molar-refractivity contribution in [2.45, 2.75) is 24.9 Å². The highest BCUT2D eigenvalue weighted by atomic mass is 16.3. The molecule has 4 bridgehead atoms. The van der Waals surface area contributed by atoms with E-state index < -0.39 is 35.7 Å². The van der Waals surface area contributed by atoms with Gasteiger partial charge in [-0.15, -0.1) is 0 Å². The van der Waals surface area contributed by atoms with Gasteiger partial charge in [0.2, 0.25) is 0 Å². The predicted molar refractivity (Wildman–Crippen MR) is 157 cm³/mol. The summed E-state index contributed by atoms with van der Waals surface area (Å²) in [7, 11) is 0. The average Bonchev–Trinajstić information content (AvgIpc) is 3.48. The molecule has 0 fully saturated rings. The molecule has 0 saturated heterocycles. The molecule has 2 aromatic carbocycles. The largest absolute Gasteiger partial charge is 0.454 e. The van der Waals surface area contributed by atoms with E-state index in [1.807, 2.05) is 60.7 Å². The minimum absolute atomic E-state index is 0.0896. The normalized spacial score (nSPS) is 19.3. The zero-order valence-corrected chi connectivity index (χ0v) is 22.8. The van der Waals surface area contributed by atoms with Crippen LogP contribution in [0.2, 0.25) is 0 Å². The van der Waals surface area contributed by atoms with Crippen molar-refractivity contribution in [3.8, 4) is 0 Å². The van der Waals surface area contributed by atoms with Gasteiger partial charge in [0.1, 0.15) is 35.0 Å². The summed E-state index contributed by atoms with van der Waals surface area (Å²) in [6.45, 7) is 0. The third-order valence-corrected chi connectivity index (χ3v) is 6.40. The summed E-state index contributed by atoms with van der Waals surface area (Å²) in [4.78, 5) is 56.8. The van der Waals surface area contributed by atoms with E-state index >= 15 is 0 Å². The lowest BCUT2D eigenvalue weighted by Crippen LogP contribution is -2.47. The van der Waals surface area contributed by atoms with Gasteiger partial charge in [0.15, 0.2) is 0 Å². The van der Waals surface area contributed by atoms with Crippen molar-refractivity contribution in [2.75, 3.05) is 0 Å². The van der Waals surface area contributed by atoms with Crippen LogP contribution in [0, 0.1) is 0 Å². The fourth-order valence-electron chi connectivity index (χ4n) is 4.25. The van der Waals surface area contributed by atoms with Crippen LogP contribution in [0.3, 0.4) is 0 Å². The second-order valence-electron chi connectivity index (χ2n) is 9.55. The maximum Gasteiger partial charge on any atom is 0.270 e. The molecule has 4 aromatic rings. The zero-order chi connectivity index (χ0) is 30.0. The van der Waals surface area contributed by atoms with Crippen molar-refractivity contribution < 1.29 is 23.6 Å². The molecule has 0 saturated carbocycles. The molecule has 0 radical (unpaired) electrons. The molecule has 0 aliphatic carbocycles. The van der Waals surface area contributed by atoms with E-state index in [-0.39, 0.29) is 24.2 Å². The number of benzene rings is 2. The molecule has 12 heteroatoms. The molecule has 1 aliphatic rings. The Bertz CT molecular complexity index is 1550. The lowest BCUT2D eigenvalue weighted by atomic mass is 10.0. The maximum atomic E-state index is 13.2. The van der Waals surface area contributed by atoms with Crippen molar-refractivity contribution in [2.24, 2.45) is 10.2 Å². The van der Waals surface area contributed by atoms with Gasteiger partial charge in [-0.1, -0.05) is 66.7 Å². The van der Waals surface area contributed by atoms with Crippen LogP contribution in [0.25, 0.3) is 0 Å². The van der Waals surface area contributed by atoms with Crippen molar-refractivity contribution >= 4 is 36.1 Å². The minimum Gasteiger partial charge on any atom is -0.454 e. The van der Waals surface area contributed by atoms with Crippen molar-refractivity contribution in [3.63, 3.8) is 0 Å². The Hall–Kier alpha value is -5.91. The highest BCUT2D eigenvalue weighted by Gasteiger charge is 2.25. The van der Waals surface area contributed by atoms with Gasteiger partial charge in [0.05, 0.1) is 12.4 Å². The Morgan fingerprint density at radius 1 is 0.558 bits per heavy atom. The first kappa shape index (κ1) is 28.6. The molecular formula is C31H27N7O5. The predicted octanol–water partition coefficient (Wildman–Crippen LogP) is 1.97. The zero-order valence-electron chi connectivity index (χ0n) is 22.8. The number of hydrogen-bond donors (Lipinski definition) is 4. The molecule has 2 atom stereocenters. The van der Waals surface area contributed by atoms with E-state index in [4.69, 9.17) is 4.42 Å². The number of carbonyl (C=O) groups is 4. The number of amides is 4. The quantitative estimate of drug-likeness (QED) is 0.289. The molecule has 2 unspecified atom stereocenters. The number of nitrogens with zero attached hydrogens (tertiary/aromatic N) is 3. The second-order valence-corrected chi connectivity index (χ2v) is 9.55. The number of aromatic nitrogens is 1. The van der Waals surface area contributed by atoms with E-state index in [9.17, 15) is 19.2 Å². The van der Waals surface area contributed by atoms with Gasteiger partial charge in [-0.25, -0.2) is 15.8 Å². The number of furan rings is 1. The van der Waals surface area contributed by atoms with Crippen LogP contribution in [0.5, 0.6) is 0 Å². The smallest absolute Gasteiger partial charge is 0.270 e. The molecule has 216 valence electrons. The average molecular weight is 578 g/mol. The molecule has 5 rings (SSSR count). The van der Waals surface area contributed by atoms with Crippen LogP contribution < -0.4 is 21.5 Å². The van der Waals surface area contributed by atoms with Crippen LogP contribution in [-0.4, -0.2) is 53.1 Å². The number of carbonyl (C=O) groups excluding carboxylic acids is 4. The number of pyridine rings is 1. The van der Waals surface area contributed by atoms with Crippen LogP contribution in [0.1, 0.15) is 43.6 Å². The molecule has 1 aliphatic heterocycles. The van der Waals surface area contributed by atoms with Crippen LogP contribution >= 0.6 is 0 Å². The summed E-state index contributed by atoms with van der Waals surface area (Å²) in [5, 5.41) is 13.3. The third-order valence-electron chi connectivity index (χ3n) is 6.40. The number of fused-ring (bicyclic) bond motifs is 4. The number of rotatable bonds is 4. The van der Waals surface area contributed by atoms with Crippen molar-refractivity contribution in [1.29, 1.82) is 0 Å². The monoisotopic (exact) mass is 577 g/mol. The van der Waals surface area contributed by atoms with Crippen LogP contribution in [0.4, 0.5) is 0 Å². The molecule has 4 N–H and O–H groups in total. The van der Waals surface area contributed by atoms with Crippen LogP contribution in [-0.2, 0) is 22.4 Å². The van der Waals surface area contributed by atoms with E-state index in [1.54, 1.807) is 12.1 Å². The highest BCUT2D eigenvalue weighted by Crippen LogP contribution is 2.09. The fraction of sp³-hybridized carbons (Fsp3) is 0.129. The Balaban J connectivity index is 1.46. The molecule has 4 amide bonds. The van der Waals surface area contributed by atoms with Gasteiger partial charge in [-0.3, -0.25) is 19.2 Å². The summed E-state index contributed by atoms with van der Waals surface area (Å²) in [5.41, 5.74) is 6.27. The molecule has 43 heavy (non-hydrogen) atoms. The maximum absolute atomic E-state index is 13.2. The number of hydrazone groups is 2. The van der Waals surface area contributed by atoms with Crippen molar-refractivity contribution in [3.05, 3.63) is 125 Å². The Labute approximate surface area is 246 Å². The highest BCUT2D eigenvalue weighted by molar-refractivity contribution is 5.99. The van der Waals surface area contributed by atoms with E-state index in [0.29, 0.717) is 11.5 Å². The van der Waals surface area contributed by atoms with Gasteiger partial charge in [0.25, 0.3) is 23.6 Å². The second kappa shape index (κ2) is 13.6. The first-order valence-electron chi connectivity index (χ1n) is 13.4. The van der Waals surface area contributed by atoms with Gasteiger partial charge in [-0.05, 0) is 35.4 Å². The van der Waals surface area contributed by atoms with E-state index in [1.165, 1.54) is 30.6 Å². The summed E-state index contributed by atoms with van der Waals surface area (Å²) in [6, 6.07) is 23.8. The van der Waals surface area contributed by atoms with Crippen LogP contribution in [0.15, 0.2) is 106 Å². The molecule has 0 spiro atoms. The van der Waals surface area contributed by atoms with Gasteiger partial charge >= 0.3 is 0 Å². The molecule has 12 nitrogen and oxygen atoms in total. The summed E-state index contributed by atoms with van der Waals surface area (Å²) >= 11 is 0. The summed E-state index contributed by atoms with van der Waals surface area (Å²) in [5.74, 6) is -1.88. The van der Waals surface area contributed by atoms with Crippen molar-refractivity contribution in [1.82, 2.24) is 26.5 Å². The minimum atomic E-state index is -1.02.